The number of anilines is 1. The molecule has 27 heavy (non-hydrogen) atoms. The number of benzene rings is 2. The van der Waals surface area contributed by atoms with Crippen molar-refractivity contribution in [3.63, 3.8) is 0 Å². The first kappa shape index (κ1) is 19.3. The van der Waals surface area contributed by atoms with Gasteiger partial charge in [0.15, 0.2) is 0 Å². The van der Waals surface area contributed by atoms with Gasteiger partial charge in [-0.1, -0.05) is 46.3 Å². The summed E-state index contributed by atoms with van der Waals surface area (Å²) in [7, 11) is -3.75. The molecule has 1 amide bonds. The van der Waals surface area contributed by atoms with E-state index < -0.39 is 15.9 Å². The first-order valence-electron chi connectivity index (χ1n) is 7.70. The van der Waals surface area contributed by atoms with E-state index >= 15 is 0 Å². The lowest BCUT2D eigenvalue weighted by molar-refractivity contribution is 0.0956. The molecular formula is C18H14BrN3O3S2. The summed E-state index contributed by atoms with van der Waals surface area (Å²) in [5.74, 6) is -0.521. The van der Waals surface area contributed by atoms with Crippen molar-refractivity contribution >= 4 is 55.1 Å². The second kappa shape index (κ2) is 8.47. The number of sulfonamides is 1. The zero-order valence-corrected chi connectivity index (χ0v) is 17.0. The van der Waals surface area contributed by atoms with Crippen LogP contribution in [0.2, 0.25) is 0 Å². The lowest BCUT2D eigenvalue weighted by atomic mass is 10.2. The number of hydrogen-bond acceptors (Lipinski definition) is 5. The number of rotatable bonds is 6. The molecule has 1 heterocycles. The van der Waals surface area contributed by atoms with Crippen LogP contribution in [0.15, 0.2) is 79.8 Å². The molecule has 0 aliphatic heterocycles. The Morgan fingerprint density at radius 1 is 1.04 bits per heavy atom. The Labute approximate surface area is 169 Å². The normalized spacial score (nSPS) is 11.4. The maximum absolute atomic E-state index is 12.4. The summed E-state index contributed by atoms with van der Waals surface area (Å²) in [6.07, 6.45) is 1.50. The molecule has 0 saturated carbocycles. The highest BCUT2D eigenvalue weighted by molar-refractivity contribution is 9.10. The Bertz CT molecular complexity index is 1060. The third kappa shape index (κ3) is 5.03. The number of halogens is 1. The molecule has 0 unspecified atom stereocenters. The Hall–Kier alpha value is -2.49. The predicted octanol–water partition coefficient (Wildman–Crippen LogP) is 4.08. The van der Waals surface area contributed by atoms with Gasteiger partial charge in [-0.15, -0.1) is 11.3 Å². The van der Waals surface area contributed by atoms with Crippen molar-refractivity contribution in [3.05, 3.63) is 81.6 Å². The number of amides is 1. The average Bonchev–Trinajstić information content (AvgIpc) is 3.19. The molecule has 2 aromatic carbocycles. The van der Waals surface area contributed by atoms with Crippen LogP contribution in [-0.4, -0.2) is 20.5 Å². The number of hydrazone groups is 1. The lowest BCUT2D eigenvalue weighted by Crippen LogP contribution is -2.21. The van der Waals surface area contributed by atoms with E-state index in [1.807, 2.05) is 24.3 Å². The molecule has 0 radical (unpaired) electrons. The Morgan fingerprint density at radius 3 is 2.48 bits per heavy atom. The first-order valence-corrected chi connectivity index (χ1v) is 10.9. The van der Waals surface area contributed by atoms with Gasteiger partial charge in [0.2, 0.25) is 0 Å². The predicted molar refractivity (Wildman–Crippen MR) is 111 cm³/mol. The number of thiophene rings is 1. The van der Waals surface area contributed by atoms with Gasteiger partial charge in [-0.2, -0.15) is 5.10 Å². The SMILES string of the molecule is O=C(NN=Cc1ccc(Br)cc1)c1ccccc1NS(=O)(=O)c1cccs1. The Balaban J connectivity index is 1.75. The third-order valence-electron chi connectivity index (χ3n) is 3.43. The van der Waals surface area contributed by atoms with Crippen LogP contribution in [0.4, 0.5) is 5.69 Å². The van der Waals surface area contributed by atoms with E-state index in [1.165, 1.54) is 24.4 Å². The molecule has 0 spiro atoms. The molecule has 2 N–H and O–H groups in total. The van der Waals surface area contributed by atoms with Crippen molar-refractivity contribution in [2.45, 2.75) is 4.21 Å². The second-order valence-electron chi connectivity index (χ2n) is 5.33. The minimum Gasteiger partial charge on any atom is -0.278 e. The van der Waals surface area contributed by atoms with Crippen molar-refractivity contribution in [3.8, 4) is 0 Å². The van der Waals surface area contributed by atoms with Gasteiger partial charge >= 0.3 is 0 Å². The molecule has 0 aliphatic carbocycles. The van der Waals surface area contributed by atoms with Gasteiger partial charge in [0.05, 0.1) is 17.5 Å². The minimum atomic E-state index is -3.75. The van der Waals surface area contributed by atoms with Crippen molar-refractivity contribution < 1.29 is 13.2 Å². The maximum Gasteiger partial charge on any atom is 0.273 e. The lowest BCUT2D eigenvalue weighted by Gasteiger charge is -2.10. The summed E-state index contributed by atoms with van der Waals surface area (Å²) in [5, 5.41) is 5.59. The maximum atomic E-state index is 12.4. The molecule has 0 aliphatic rings. The molecule has 6 nitrogen and oxygen atoms in total. The van der Waals surface area contributed by atoms with Crippen molar-refractivity contribution in [1.29, 1.82) is 0 Å². The smallest absolute Gasteiger partial charge is 0.273 e. The van der Waals surface area contributed by atoms with Gasteiger partial charge in [0.25, 0.3) is 15.9 Å². The van der Waals surface area contributed by atoms with Crippen LogP contribution < -0.4 is 10.1 Å². The van der Waals surface area contributed by atoms with E-state index in [1.54, 1.807) is 23.6 Å². The van der Waals surface area contributed by atoms with Crippen molar-refractivity contribution in [2.24, 2.45) is 5.10 Å². The van der Waals surface area contributed by atoms with Crippen LogP contribution in [0.25, 0.3) is 0 Å². The second-order valence-corrected chi connectivity index (χ2v) is 9.11. The van der Waals surface area contributed by atoms with Crippen LogP contribution in [0, 0.1) is 0 Å². The van der Waals surface area contributed by atoms with Crippen LogP contribution in [0.5, 0.6) is 0 Å². The molecule has 0 fully saturated rings. The third-order valence-corrected chi connectivity index (χ3v) is 6.72. The fourth-order valence-electron chi connectivity index (χ4n) is 2.16. The quantitative estimate of drug-likeness (QED) is 0.426. The fourth-order valence-corrected chi connectivity index (χ4v) is 4.49. The van der Waals surface area contributed by atoms with Gasteiger partial charge in [-0.25, -0.2) is 13.8 Å². The zero-order valence-electron chi connectivity index (χ0n) is 13.8. The van der Waals surface area contributed by atoms with Gasteiger partial charge in [0, 0.05) is 4.47 Å². The van der Waals surface area contributed by atoms with Crippen LogP contribution in [0.1, 0.15) is 15.9 Å². The molecule has 0 atom stereocenters. The standard InChI is InChI=1S/C18H14BrN3O3S2/c19-14-9-7-13(8-10-14)12-20-21-18(23)15-4-1-2-5-16(15)22-27(24,25)17-6-3-11-26-17/h1-12,22H,(H,21,23). The number of hydrogen-bond donors (Lipinski definition) is 2. The number of para-hydroxylation sites is 1. The van der Waals surface area contributed by atoms with E-state index in [2.05, 4.69) is 31.2 Å². The molecule has 3 rings (SSSR count). The highest BCUT2D eigenvalue weighted by Crippen LogP contribution is 2.22. The van der Waals surface area contributed by atoms with E-state index in [-0.39, 0.29) is 15.5 Å². The summed E-state index contributed by atoms with van der Waals surface area (Å²) < 4.78 is 28.4. The van der Waals surface area contributed by atoms with Crippen molar-refractivity contribution in [2.75, 3.05) is 4.72 Å². The Morgan fingerprint density at radius 2 is 1.78 bits per heavy atom. The highest BCUT2D eigenvalue weighted by Gasteiger charge is 2.19. The minimum absolute atomic E-state index is 0.172. The molecule has 1 aromatic heterocycles. The van der Waals surface area contributed by atoms with E-state index in [0.29, 0.717) is 0 Å². The molecular weight excluding hydrogens is 450 g/mol. The molecule has 0 saturated heterocycles. The topological polar surface area (TPSA) is 87.6 Å². The zero-order chi connectivity index (χ0) is 19.3. The summed E-state index contributed by atoms with van der Waals surface area (Å²) in [6, 6.07) is 16.9. The molecule has 3 aromatic rings. The Kier molecular flexibility index (Phi) is 6.04. The van der Waals surface area contributed by atoms with Crippen molar-refractivity contribution in [1.82, 2.24) is 5.43 Å². The summed E-state index contributed by atoms with van der Waals surface area (Å²) in [6.45, 7) is 0. The largest absolute Gasteiger partial charge is 0.278 e. The van der Waals surface area contributed by atoms with Crippen LogP contribution >= 0.6 is 27.3 Å². The number of carbonyl (C=O) groups is 1. The highest BCUT2D eigenvalue weighted by atomic mass is 79.9. The van der Waals surface area contributed by atoms with Gasteiger partial charge < -0.3 is 0 Å². The molecule has 9 heteroatoms. The average molecular weight is 464 g/mol. The molecule has 0 bridgehead atoms. The van der Waals surface area contributed by atoms with E-state index in [9.17, 15) is 13.2 Å². The number of nitrogens with one attached hydrogen (secondary N) is 2. The number of carbonyl (C=O) groups excluding carboxylic acids is 1. The summed E-state index contributed by atoms with van der Waals surface area (Å²) >= 11 is 4.44. The molecule has 138 valence electrons. The van der Waals surface area contributed by atoms with E-state index in [4.69, 9.17) is 0 Å². The summed E-state index contributed by atoms with van der Waals surface area (Å²) in [5.41, 5.74) is 3.57. The fraction of sp³-hybridized carbons (Fsp3) is 0. The number of nitrogens with zero attached hydrogens (tertiary/aromatic N) is 1. The monoisotopic (exact) mass is 463 g/mol. The van der Waals surface area contributed by atoms with Crippen LogP contribution in [-0.2, 0) is 10.0 Å². The van der Waals surface area contributed by atoms with Gasteiger partial charge in [-0.3, -0.25) is 9.52 Å². The van der Waals surface area contributed by atoms with E-state index in [0.717, 1.165) is 21.4 Å². The van der Waals surface area contributed by atoms with Gasteiger partial charge in [-0.05, 0) is 41.3 Å². The summed E-state index contributed by atoms with van der Waals surface area (Å²) in [4.78, 5) is 12.4. The van der Waals surface area contributed by atoms with Gasteiger partial charge in [0.1, 0.15) is 4.21 Å². The van der Waals surface area contributed by atoms with Crippen LogP contribution in [0.3, 0.4) is 0 Å². The first-order chi connectivity index (χ1) is 13.0.